The maximum absolute atomic E-state index is 12.9. The maximum atomic E-state index is 12.9. The second-order valence-corrected chi connectivity index (χ2v) is 9.14. The molecular weight excluding hydrogens is 472 g/mol. The maximum Gasteiger partial charge on any atom is 0.261 e. The van der Waals surface area contributed by atoms with Gasteiger partial charge in [0, 0.05) is 29.6 Å². The number of benzene rings is 3. The van der Waals surface area contributed by atoms with Gasteiger partial charge < -0.3 is 9.64 Å². The Kier molecular flexibility index (Phi) is 6.24. The van der Waals surface area contributed by atoms with E-state index in [2.05, 4.69) is 15.5 Å². The Labute approximate surface area is 205 Å². The number of para-hydroxylation sites is 2. The summed E-state index contributed by atoms with van der Waals surface area (Å²) in [6.07, 6.45) is 0.332. The summed E-state index contributed by atoms with van der Waals surface area (Å²) in [7, 11) is 0. The van der Waals surface area contributed by atoms with Crippen LogP contribution >= 0.6 is 22.9 Å². The Hall–Kier alpha value is -3.75. The minimum atomic E-state index is -0.348. The van der Waals surface area contributed by atoms with Gasteiger partial charge in [-0.15, -0.1) is 10.2 Å². The van der Waals surface area contributed by atoms with E-state index in [4.69, 9.17) is 16.3 Å². The molecule has 1 saturated heterocycles. The Morgan fingerprint density at radius 2 is 1.74 bits per heavy atom. The number of ether oxygens (including phenoxy) is 1. The summed E-state index contributed by atoms with van der Waals surface area (Å²) in [6.45, 7) is 0.497. The zero-order chi connectivity index (χ0) is 23.5. The summed E-state index contributed by atoms with van der Waals surface area (Å²) in [5.41, 5.74) is 1.18. The molecule has 9 heteroatoms. The Bertz CT molecular complexity index is 1330. The highest BCUT2D eigenvalue weighted by atomic mass is 35.5. The van der Waals surface area contributed by atoms with E-state index in [0.29, 0.717) is 45.2 Å². The lowest BCUT2D eigenvalue weighted by molar-refractivity contribution is -0.117. The molecular formula is C25H19ClN4O3S. The lowest BCUT2D eigenvalue weighted by Crippen LogP contribution is -2.24. The fourth-order valence-corrected chi connectivity index (χ4v) is 4.67. The molecule has 1 N–H and O–H groups in total. The van der Waals surface area contributed by atoms with Crippen molar-refractivity contribution in [3.63, 3.8) is 0 Å². The first kappa shape index (κ1) is 22.1. The Morgan fingerprint density at radius 1 is 1.00 bits per heavy atom. The summed E-state index contributed by atoms with van der Waals surface area (Å²) in [5.74, 6) is 0.646. The largest absolute Gasteiger partial charge is 0.457 e. The molecule has 0 aliphatic carbocycles. The number of halogens is 1. The average molecular weight is 491 g/mol. The number of carbonyl (C=O) groups excluding carboxylic acids is 2. The predicted molar refractivity (Wildman–Crippen MR) is 132 cm³/mol. The second kappa shape index (κ2) is 9.62. The van der Waals surface area contributed by atoms with Gasteiger partial charge in [0.25, 0.3) is 5.91 Å². The zero-order valence-electron chi connectivity index (χ0n) is 17.8. The van der Waals surface area contributed by atoms with Crippen LogP contribution in [0.1, 0.15) is 27.7 Å². The third-order valence-electron chi connectivity index (χ3n) is 5.38. The van der Waals surface area contributed by atoms with Crippen molar-refractivity contribution in [2.24, 2.45) is 0 Å². The number of hydrogen-bond donors (Lipinski definition) is 1. The van der Waals surface area contributed by atoms with E-state index in [1.807, 2.05) is 48.5 Å². The molecule has 34 heavy (non-hydrogen) atoms. The Balaban J connectivity index is 1.28. The highest BCUT2D eigenvalue weighted by Gasteiger charge is 2.34. The number of nitrogens with zero attached hydrogens (tertiary/aromatic N) is 3. The lowest BCUT2D eigenvalue weighted by atomic mass is 10.1. The molecule has 3 aromatic carbocycles. The fourth-order valence-electron chi connectivity index (χ4n) is 3.72. The summed E-state index contributed by atoms with van der Waals surface area (Å²) < 4.78 is 5.88. The molecule has 170 valence electrons. The molecule has 1 aliphatic rings. The van der Waals surface area contributed by atoms with E-state index in [1.54, 1.807) is 35.2 Å². The summed E-state index contributed by atoms with van der Waals surface area (Å²) in [4.78, 5) is 27.2. The van der Waals surface area contributed by atoms with E-state index in [0.717, 1.165) is 5.69 Å². The quantitative estimate of drug-likeness (QED) is 0.371. The molecule has 0 saturated carbocycles. The van der Waals surface area contributed by atoms with Crippen molar-refractivity contribution in [2.45, 2.75) is 12.3 Å². The van der Waals surface area contributed by atoms with E-state index in [-0.39, 0.29) is 17.7 Å². The van der Waals surface area contributed by atoms with E-state index < -0.39 is 0 Å². The van der Waals surface area contributed by atoms with Crippen LogP contribution in [-0.4, -0.2) is 28.6 Å². The van der Waals surface area contributed by atoms with Crippen molar-refractivity contribution in [1.29, 1.82) is 0 Å². The monoisotopic (exact) mass is 490 g/mol. The van der Waals surface area contributed by atoms with Crippen molar-refractivity contribution < 1.29 is 14.3 Å². The molecule has 0 bridgehead atoms. The molecule has 1 unspecified atom stereocenters. The standard InChI is InChI=1S/C25H19ClN4O3S/c26-17-10-12-18(13-11-17)30-15-16(14-22(30)31)24-28-29-25(34-24)27-23(32)20-8-4-5-9-21(20)33-19-6-2-1-3-7-19/h1-13,16H,14-15H2,(H,27,29,32). The molecule has 2 heterocycles. The number of hydrogen-bond acceptors (Lipinski definition) is 6. The normalized spacial score (nSPS) is 15.4. The van der Waals surface area contributed by atoms with Crippen LogP contribution in [0, 0.1) is 0 Å². The molecule has 1 aromatic heterocycles. The van der Waals surface area contributed by atoms with Gasteiger partial charge in [-0.3, -0.25) is 14.9 Å². The van der Waals surface area contributed by atoms with Gasteiger partial charge in [-0.25, -0.2) is 0 Å². The van der Waals surface area contributed by atoms with Crippen LogP contribution in [0.25, 0.3) is 0 Å². The highest BCUT2D eigenvalue weighted by Crippen LogP contribution is 2.35. The smallest absolute Gasteiger partial charge is 0.261 e. The molecule has 1 atom stereocenters. The van der Waals surface area contributed by atoms with Crippen LogP contribution < -0.4 is 15.0 Å². The van der Waals surface area contributed by atoms with Crippen molar-refractivity contribution in [1.82, 2.24) is 10.2 Å². The van der Waals surface area contributed by atoms with Gasteiger partial charge in [-0.2, -0.15) is 0 Å². The van der Waals surface area contributed by atoms with Crippen LogP contribution in [0.2, 0.25) is 5.02 Å². The van der Waals surface area contributed by atoms with E-state index in [1.165, 1.54) is 11.3 Å². The van der Waals surface area contributed by atoms with E-state index >= 15 is 0 Å². The van der Waals surface area contributed by atoms with Crippen LogP contribution in [0.15, 0.2) is 78.9 Å². The zero-order valence-corrected chi connectivity index (χ0v) is 19.4. The third-order valence-corrected chi connectivity index (χ3v) is 6.63. The predicted octanol–water partition coefficient (Wildman–Crippen LogP) is 5.76. The van der Waals surface area contributed by atoms with Gasteiger partial charge in [-0.05, 0) is 48.5 Å². The van der Waals surface area contributed by atoms with Crippen LogP contribution in [0.5, 0.6) is 11.5 Å². The molecule has 5 rings (SSSR count). The average Bonchev–Trinajstić information content (AvgIpc) is 3.47. The van der Waals surface area contributed by atoms with Crippen LogP contribution in [-0.2, 0) is 4.79 Å². The molecule has 1 fully saturated rings. The van der Waals surface area contributed by atoms with Crippen molar-refractivity contribution >= 4 is 45.6 Å². The number of amides is 2. The molecule has 1 aliphatic heterocycles. The van der Waals surface area contributed by atoms with Gasteiger partial charge in [0.1, 0.15) is 16.5 Å². The minimum absolute atomic E-state index is 0.0140. The fraction of sp³-hybridized carbons (Fsp3) is 0.120. The van der Waals surface area contributed by atoms with Gasteiger partial charge >= 0.3 is 0 Å². The van der Waals surface area contributed by atoms with Crippen molar-refractivity contribution in [3.05, 3.63) is 94.5 Å². The number of anilines is 2. The minimum Gasteiger partial charge on any atom is -0.457 e. The highest BCUT2D eigenvalue weighted by molar-refractivity contribution is 7.15. The van der Waals surface area contributed by atoms with Gasteiger partial charge in [0.2, 0.25) is 11.0 Å². The van der Waals surface area contributed by atoms with Crippen LogP contribution in [0.4, 0.5) is 10.8 Å². The van der Waals surface area contributed by atoms with E-state index in [9.17, 15) is 9.59 Å². The summed E-state index contributed by atoms with van der Waals surface area (Å²) >= 11 is 7.23. The summed E-state index contributed by atoms with van der Waals surface area (Å²) in [5, 5.41) is 12.8. The van der Waals surface area contributed by atoms with Crippen LogP contribution in [0.3, 0.4) is 0 Å². The van der Waals surface area contributed by atoms with Crippen molar-refractivity contribution in [3.8, 4) is 11.5 Å². The number of carbonyl (C=O) groups is 2. The molecule has 4 aromatic rings. The number of rotatable bonds is 6. The first-order valence-corrected chi connectivity index (χ1v) is 11.8. The first-order valence-electron chi connectivity index (χ1n) is 10.6. The van der Waals surface area contributed by atoms with Gasteiger partial charge in [0.05, 0.1) is 5.56 Å². The first-order chi connectivity index (χ1) is 16.6. The molecule has 0 radical (unpaired) electrons. The summed E-state index contributed by atoms with van der Waals surface area (Å²) in [6, 6.07) is 23.4. The third kappa shape index (κ3) is 4.78. The number of nitrogens with one attached hydrogen (secondary N) is 1. The van der Waals surface area contributed by atoms with Crippen molar-refractivity contribution in [2.75, 3.05) is 16.8 Å². The van der Waals surface area contributed by atoms with Gasteiger partial charge in [-0.1, -0.05) is 53.3 Å². The Morgan fingerprint density at radius 3 is 2.53 bits per heavy atom. The molecule has 0 spiro atoms. The van der Waals surface area contributed by atoms with Gasteiger partial charge in [0.15, 0.2) is 0 Å². The lowest BCUT2D eigenvalue weighted by Gasteiger charge is -2.16. The molecule has 7 nitrogen and oxygen atoms in total. The second-order valence-electron chi connectivity index (χ2n) is 7.69. The topological polar surface area (TPSA) is 84.4 Å². The number of aromatic nitrogens is 2. The molecule has 2 amide bonds. The SMILES string of the molecule is O=C(Nc1nnc(C2CC(=O)N(c3ccc(Cl)cc3)C2)s1)c1ccccc1Oc1ccccc1.